The lowest BCUT2D eigenvalue weighted by Gasteiger charge is -2.27. The highest BCUT2D eigenvalue weighted by Gasteiger charge is 2.35. The summed E-state index contributed by atoms with van der Waals surface area (Å²) < 4.78 is 0. The van der Waals surface area contributed by atoms with E-state index in [1.165, 1.54) is 6.92 Å². The first kappa shape index (κ1) is 14.8. The van der Waals surface area contributed by atoms with Crippen molar-refractivity contribution in [2.45, 2.75) is 58.5 Å². The second-order valence-corrected chi connectivity index (χ2v) is 5.61. The van der Waals surface area contributed by atoms with Gasteiger partial charge in [-0.15, -0.1) is 0 Å². The third-order valence-electron chi connectivity index (χ3n) is 4.35. The SMILES string of the molecule is CCC(C)(NC(=O)NC1CCC(C)C1C)C(=O)O. The highest BCUT2D eigenvalue weighted by Crippen LogP contribution is 2.31. The lowest BCUT2D eigenvalue weighted by Crippen LogP contribution is -2.56. The minimum Gasteiger partial charge on any atom is -0.480 e. The van der Waals surface area contributed by atoms with Crippen molar-refractivity contribution in [3.8, 4) is 0 Å². The molecule has 0 radical (unpaired) electrons. The van der Waals surface area contributed by atoms with Crippen LogP contribution in [-0.2, 0) is 4.79 Å². The first-order chi connectivity index (χ1) is 8.30. The van der Waals surface area contributed by atoms with Gasteiger partial charge >= 0.3 is 12.0 Å². The Morgan fingerprint density at radius 2 is 1.94 bits per heavy atom. The van der Waals surface area contributed by atoms with Gasteiger partial charge in [-0.2, -0.15) is 0 Å². The van der Waals surface area contributed by atoms with E-state index in [-0.39, 0.29) is 12.1 Å². The van der Waals surface area contributed by atoms with Gasteiger partial charge in [-0.3, -0.25) is 0 Å². The molecule has 4 unspecified atom stereocenters. The molecule has 0 aromatic heterocycles. The molecule has 3 N–H and O–H groups in total. The summed E-state index contributed by atoms with van der Waals surface area (Å²) in [5.74, 6) is 0.0359. The van der Waals surface area contributed by atoms with Crippen molar-refractivity contribution in [1.82, 2.24) is 10.6 Å². The highest BCUT2D eigenvalue weighted by atomic mass is 16.4. The minimum atomic E-state index is -1.20. The molecule has 0 saturated heterocycles. The highest BCUT2D eigenvalue weighted by molar-refractivity contribution is 5.85. The maximum absolute atomic E-state index is 11.8. The molecule has 1 saturated carbocycles. The number of carbonyl (C=O) groups is 2. The van der Waals surface area contributed by atoms with Crippen LogP contribution in [0.25, 0.3) is 0 Å². The van der Waals surface area contributed by atoms with Crippen LogP contribution in [0.4, 0.5) is 4.79 Å². The number of hydrogen-bond donors (Lipinski definition) is 3. The predicted octanol–water partition coefficient (Wildman–Crippen LogP) is 1.97. The zero-order valence-electron chi connectivity index (χ0n) is 11.6. The quantitative estimate of drug-likeness (QED) is 0.719. The van der Waals surface area contributed by atoms with Gasteiger partial charge in [0.1, 0.15) is 5.54 Å². The predicted molar refractivity (Wildman–Crippen MR) is 69.3 cm³/mol. The molecule has 0 aromatic carbocycles. The van der Waals surface area contributed by atoms with Gasteiger partial charge in [0, 0.05) is 6.04 Å². The second-order valence-electron chi connectivity index (χ2n) is 5.61. The van der Waals surface area contributed by atoms with E-state index in [2.05, 4.69) is 24.5 Å². The molecule has 2 amide bonds. The molecule has 1 fully saturated rings. The van der Waals surface area contributed by atoms with Crippen molar-refractivity contribution in [3.05, 3.63) is 0 Å². The van der Waals surface area contributed by atoms with Gasteiger partial charge in [0.25, 0.3) is 0 Å². The summed E-state index contributed by atoms with van der Waals surface area (Å²) in [7, 11) is 0. The number of urea groups is 1. The number of rotatable bonds is 4. The minimum absolute atomic E-state index is 0.148. The van der Waals surface area contributed by atoms with E-state index in [0.717, 1.165) is 12.8 Å². The summed E-state index contributed by atoms with van der Waals surface area (Å²) in [6, 6.07) is -0.234. The van der Waals surface area contributed by atoms with Crippen molar-refractivity contribution in [2.24, 2.45) is 11.8 Å². The summed E-state index contributed by atoms with van der Waals surface area (Å²) in [6.07, 6.45) is 2.42. The van der Waals surface area contributed by atoms with Crippen LogP contribution in [0.15, 0.2) is 0 Å². The molecule has 0 aromatic rings. The Morgan fingerprint density at radius 1 is 1.33 bits per heavy atom. The second kappa shape index (κ2) is 5.59. The normalized spacial score (nSPS) is 30.6. The maximum atomic E-state index is 11.8. The van der Waals surface area contributed by atoms with Crippen molar-refractivity contribution in [1.29, 1.82) is 0 Å². The lowest BCUT2D eigenvalue weighted by molar-refractivity contribution is -0.143. The van der Waals surface area contributed by atoms with Gasteiger partial charge in [-0.25, -0.2) is 9.59 Å². The molecule has 18 heavy (non-hydrogen) atoms. The van der Waals surface area contributed by atoms with Gasteiger partial charge in [-0.1, -0.05) is 20.8 Å². The van der Waals surface area contributed by atoms with Crippen LogP contribution < -0.4 is 10.6 Å². The average Bonchev–Trinajstić information content (AvgIpc) is 2.60. The van der Waals surface area contributed by atoms with Gasteiger partial charge in [-0.05, 0) is 38.0 Å². The van der Waals surface area contributed by atoms with Crippen LogP contribution in [0.2, 0.25) is 0 Å². The fraction of sp³-hybridized carbons (Fsp3) is 0.846. The van der Waals surface area contributed by atoms with E-state index in [9.17, 15) is 9.59 Å². The Labute approximate surface area is 108 Å². The van der Waals surface area contributed by atoms with E-state index >= 15 is 0 Å². The molecular formula is C13H24N2O3. The fourth-order valence-electron chi connectivity index (χ4n) is 2.32. The summed E-state index contributed by atoms with van der Waals surface area (Å²) >= 11 is 0. The summed E-state index contributed by atoms with van der Waals surface area (Å²) in [6.45, 7) is 7.57. The lowest BCUT2D eigenvalue weighted by atomic mass is 9.97. The van der Waals surface area contributed by atoms with Crippen molar-refractivity contribution < 1.29 is 14.7 Å². The Morgan fingerprint density at radius 3 is 2.33 bits per heavy atom. The van der Waals surface area contributed by atoms with Crippen molar-refractivity contribution in [2.75, 3.05) is 0 Å². The molecule has 1 aliphatic carbocycles. The molecule has 0 aliphatic heterocycles. The maximum Gasteiger partial charge on any atom is 0.329 e. The van der Waals surface area contributed by atoms with E-state index in [0.29, 0.717) is 18.3 Å². The monoisotopic (exact) mass is 256 g/mol. The van der Waals surface area contributed by atoms with Crippen LogP contribution in [-0.4, -0.2) is 28.7 Å². The van der Waals surface area contributed by atoms with Gasteiger partial charge < -0.3 is 15.7 Å². The fourth-order valence-corrected chi connectivity index (χ4v) is 2.32. The number of hydrogen-bond acceptors (Lipinski definition) is 2. The number of amides is 2. The van der Waals surface area contributed by atoms with E-state index in [1.54, 1.807) is 6.92 Å². The molecule has 0 heterocycles. The standard InChI is InChI=1S/C13H24N2O3/c1-5-13(4,11(16)17)15-12(18)14-10-7-6-8(2)9(10)3/h8-10H,5-7H2,1-4H3,(H,16,17)(H2,14,15,18). The molecule has 104 valence electrons. The van der Waals surface area contributed by atoms with E-state index in [4.69, 9.17) is 5.11 Å². The number of nitrogens with one attached hydrogen (secondary N) is 2. The molecule has 5 heteroatoms. The van der Waals surface area contributed by atoms with Crippen LogP contribution in [0.3, 0.4) is 0 Å². The summed E-state index contributed by atoms with van der Waals surface area (Å²) in [5.41, 5.74) is -1.20. The molecule has 0 bridgehead atoms. The Balaban J connectivity index is 2.54. The van der Waals surface area contributed by atoms with Crippen molar-refractivity contribution in [3.63, 3.8) is 0 Å². The van der Waals surface area contributed by atoms with Gasteiger partial charge in [0.2, 0.25) is 0 Å². The van der Waals surface area contributed by atoms with Gasteiger partial charge in [0.05, 0.1) is 0 Å². The molecule has 1 rings (SSSR count). The zero-order valence-corrected chi connectivity index (χ0v) is 11.6. The third kappa shape index (κ3) is 3.15. The summed E-state index contributed by atoms with van der Waals surface area (Å²) in [5, 5.41) is 14.5. The van der Waals surface area contributed by atoms with Crippen molar-refractivity contribution >= 4 is 12.0 Å². The Kier molecular flexibility index (Phi) is 4.59. The Bertz CT molecular complexity index is 332. The molecule has 4 atom stereocenters. The smallest absolute Gasteiger partial charge is 0.329 e. The number of aliphatic carboxylic acids is 1. The first-order valence-electron chi connectivity index (χ1n) is 6.62. The van der Waals surface area contributed by atoms with E-state index in [1.807, 2.05) is 0 Å². The Hall–Kier alpha value is -1.26. The third-order valence-corrected chi connectivity index (χ3v) is 4.35. The van der Waals surface area contributed by atoms with Crippen LogP contribution >= 0.6 is 0 Å². The zero-order chi connectivity index (χ0) is 13.9. The van der Waals surface area contributed by atoms with E-state index < -0.39 is 11.5 Å². The average molecular weight is 256 g/mol. The molecule has 5 nitrogen and oxygen atoms in total. The number of carboxylic acid groups (broad SMARTS) is 1. The summed E-state index contributed by atoms with van der Waals surface area (Å²) in [4.78, 5) is 22.9. The first-order valence-corrected chi connectivity index (χ1v) is 6.62. The van der Waals surface area contributed by atoms with Crippen LogP contribution in [0.5, 0.6) is 0 Å². The largest absolute Gasteiger partial charge is 0.480 e. The van der Waals surface area contributed by atoms with Crippen LogP contribution in [0.1, 0.15) is 47.0 Å². The molecule has 1 aliphatic rings. The topological polar surface area (TPSA) is 78.4 Å². The number of carbonyl (C=O) groups excluding carboxylic acids is 1. The molecule has 0 spiro atoms. The van der Waals surface area contributed by atoms with Gasteiger partial charge in [0.15, 0.2) is 0 Å². The molecular weight excluding hydrogens is 232 g/mol. The number of carboxylic acids is 1. The van der Waals surface area contributed by atoms with Crippen LogP contribution in [0, 0.1) is 11.8 Å².